The Kier molecular flexibility index (Phi) is 3.72. The number of amides is 1. The van der Waals surface area contributed by atoms with E-state index in [9.17, 15) is 4.79 Å². The van der Waals surface area contributed by atoms with Crippen LogP contribution in [0.25, 0.3) is 11.3 Å². The quantitative estimate of drug-likeness (QED) is 0.834. The standard InChI is InChI=1S/C15H16N2O/c1-3-12-5-7-15(16-9-12)14-8-13(17-10-18)6-4-11(14)2/h4-10H,3H2,1-2H3,(H,17,18). The van der Waals surface area contributed by atoms with Gasteiger partial charge >= 0.3 is 0 Å². The number of anilines is 1. The Bertz CT molecular complexity index is 547. The molecule has 1 aromatic carbocycles. The summed E-state index contributed by atoms with van der Waals surface area (Å²) in [4.78, 5) is 14.9. The third-order valence-electron chi connectivity index (χ3n) is 2.97. The van der Waals surface area contributed by atoms with Gasteiger partial charge in [0.2, 0.25) is 6.41 Å². The predicted molar refractivity (Wildman–Crippen MR) is 73.5 cm³/mol. The van der Waals surface area contributed by atoms with E-state index in [4.69, 9.17) is 0 Å². The molecule has 0 unspecified atom stereocenters. The van der Waals surface area contributed by atoms with Crippen LogP contribution in [0, 0.1) is 6.92 Å². The van der Waals surface area contributed by atoms with Crippen molar-refractivity contribution in [2.24, 2.45) is 0 Å². The maximum atomic E-state index is 10.5. The highest BCUT2D eigenvalue weighted by atomic mass is 16.1. The predicted octanol–water partition coefficient (Wildman–Crippen LogP) is 3.19. The van der Waals surface area contributed by atoms with Gasteiger partial charge in [-0.1, -0.05) is 19.1 Å². The highest BCUT2D eigenvalue weighted by molar-refractivity contribution is 5.76. The van der Waals surface area contributed by atoms with Gasteiger partial charge in [0.15, 0.2) is 0 Å². The summed E-state index contributed by atoms with van der Waals surface area (Å²) >= 11 is 0. The summed E-state index contributed by atoms with van der Waals surface area (Å²) in [7, 11) is 0. The van der Waals surface area contributed by atoms with E-state index in [2.05, 4.69) is 23.3 Å². The van der Waals surface area contributed by atoms with Crippen molar-refractivity contribution in [3.8, 4) is 11.3 Å². The maximum Gasteiger partial charge on any atom is 0.211 e. The molecule has 0 atom stereocenters. The highest BCUT2D eigenvalue weighted by Gasteiger charge is 2.04. The van der Waals surface area contributed by atoms with Gasteiger partial charge in [-0.2, -0.15) is 0 Å². The number of nitrogens with zero attached hydrogens (tertiary/aromatic N) is 1. The minimum Gasteiger partial charge on any atom is -0.329 e. The Balaban J connectivity index is 2.41. The van der Waals surface area contributed by atoms with Crippen LogP contribution in [0.5, 0.6) is 0 Å². The topological polar surface area (TPSA) is 42.0 Å². The van der Waals surface area contributed by atoms with E-state index in [1.807, 2.05) is 37.4 Å². The van der Waals surface area contributed by atoms with E-state index >= 15 is 0 Å². The molecule has 3 nitrogen and oxygen atoms in total. The van der Waals surface area contributed by atoms with Crippen molar-refractivity contribution >= 4 is 12.1 Å². The summed E-state index contributed by atoms with van der Waals surface area (Å²) in [5.74, 6) is 0. The highest BCUT2D eigenvalue weighted by Crippen LogP contribution is 2.25. The fourth-order valence-corrected chi connectivity index (χ4v) is 1.85. The van der Waals surface area contributed by atoms with E-state index in [1.165, 1.54) is 5.56 Å². The van der Waals surface area contributed by atoms with Gasteiger partial charge in [0.05, 0.1) is 5.69 Å². The van der Waals surface area contributed by atoms with Gasteiger partial charge in [-0.05, 0) is 42.7 Å². The lowest BCUT2D eigenvalue weighted by atomic mass is 10.0. The molecular formula is C15H16N2O. The second-order valence-electron chi connectivity index (χ2n) is 4.20. The van der Waals surface area contributed by atoms with Crippen LogP contribution in [0.4, 0.5) is 5.69 Å². The van der Waals surface area contributed by atoms with Crippen molar-refractivity contribution in [1.82, 2.24) is 4.98 Å². The summed E-state index contributed by atoms with van der Waals surface area (Å²) in [6, 6.07) is 9.91. The Morgan fingerprint density at radius 1 is 1.28 bits per heavy atom. The number of hydrogen-bond acceptors (Lipinski definition) is 2. The summed E-state index contributed by atoms with van der Waals surface area (Å²) in [5, 5.41) is 2.66. The molecule has 2 rings (SSSR count). The average molecular weight is 240 g/mol. The molecule has 0 aliphatic carbocycles. The lowest BCUT2D eigenvalue weighted by Crippen LogP contribution is -1.95. The Morgan fingerprint density at radius 3 is 2.72 bits per heavy atom. The molecule has 92 valence electrons. The van der Waals surface area contributed by atoms with E-state index in [0.29, 0.717) is 6.41 Å². The smallest absolute Gasteiger partial charge is 0.211 e. The molecule has 18 heavy (non-hydrogen) atoms. The minimum atomic E-state index is 0.683. The normalized spacial score (nSPS) is 10.1. The molecule has 0 spiro atoms. The molecule has 1 N–H and O–H groups in total. The molecular weight excluding hydrogens is 224 g/mol. The molecule has 0 bridgehead atoms. The zero-order valence-corrected chi connectivity index (χ0v) is 10.6. The van der Waals surface area contributed by atoms with Gasteiger partial charge in [-0.15, -0.1) is 0 Å². The number of pyridine rings is 1. The minimum absolute atomic E-state index is 0.683. The Labute approximate surface area is 107 Å². The van der Waals surface area contributed by atoms with Crippen LogP contribution in [0.15, 0.2) is 36.5 Å². The third kappa shape index (κ3) is 2.56. The maximum absolute atomic E-state index is 10.5. The first kappa shape index (κ1) is 12.3. The number of benzene rings is 1. The van der Waals surface area contributed by atoms with Gasteiger partial charge in [0, 0.05) is 17.4 Å². The van der Waals surface area contributed by atoms with Gasteiger partial charge in [-0.3, -0.25) is 9.78 Å². The van der Waals surface area contributed by atoms with Crippen molar-refractivity contribution in [1.29, 1.82) is 0 Å². The van der Waals surface area contributed by atoms with Crippen LogP contribution in [0.3, 0.4) is 0 Å². The fraction of sp³-hybridized carbons (Fsp3) is 0.200. The SMILES string of the molecule is CCc1ccc(-c2cc(NC=O)ccc2C)nc1. The van der Waals surface area contributed by atoms with E-state index in [1.54, 1.807) is 0 Å². The molecule has 0 saturated carbocycles. The van der Waals surface area contributed by atoms with Crippen LogP contribution in [0.1, 0.15) is 18.1 Å². The van der Waals surface area contributed by atoms with Gasteiger partial charge in [0.1, 0.15) is 0 Å². The van der Waals surface area contributed by atoms with Crippen molar-refractivity contribution < 1.29 is 4.79 Å². The Morgan fingerprint density at radius 2 is 2.11 bits per heavy atom. The molecule has 0 saturated heterocycles. The van der Waals surface area contributed by atoms with Crippen LogP contribution in [0.2, 0.25) is 0 Å². The average Bonchev–Trinajstić information content (AvgIpc) is 2.41. The van der Waals surface area contributed by atoms with Gasteiger partial charge in [0.25, 0.3) is 0 Å². The third-order valence-corrected chi connectivity index (χ3v) is 2.97. The molecule has 1 aromatic heterocycles. The van der Waals surface area contributed by atoms with Crippen LogP contribution in [-0.4, -0.2) is 11.4 Å². The first-order chi connectivity index (χ1) is 8.74. The number of rotatable bonds is 4. The summed E-state index contributed by atoms with van der Waals surface area (Å²) in [6.07, 6.45) is 3.57. The number of aryl methyl sites for hydroxylation is 2. The van der Waals surface area contributed by atoms with Crippen molar-refractivity contribution in [2.45, 2.75) is 20.3 Å². The van der Waals surface area contributed by atoms with Crippen LogP contribution in [-0.2, 0) is 11.2 Å². The van der Waals surface area contributed by atoms with E-state index < -0.39 is 0 Å². The monoisotopic (exact) mass is 240 g/mol. The molecule has 1 amide bonds. The number of carbonyl (C=O) groups excluding carboxylic acids is 1. The number of nitrogens with one attached hydrogen (secondary N) is 1. The second kappa shape index (κ2) is 5.45. The molecule has 0 aliphatic rings. The van der Waals surface area contributed by atoms with Crippen molar-refractivity contribution in [2.75, 3.05) is 5.32 Å². The summed E-state index contributed by atoms with van der Waals surface area (Å²) in [6.45, 7) is 4.14. The first-order valence-corrected chi connectivity index (χ1v) is 6.00. The Hall–Kier alpha value is -2.16. The van der Waals surface area contributed by atoms with Crippen molar-refractivity contribution in [3.63, 3.8) is 0 Å². The van der Waals surface area contributed by atoms with Gasteiger partial charge < -0.3 is 5.32 Å². The largest absolute Gasteiger partial charge is 0.329 e. The van der Waals surface area contributed by atoms with E-state index in [-0.39, 0.29) is 0 Å². The first-order valence-electron chi connectivity index (χ1n) is 6.00. The molecule has 0 radical (unpaired) electrons. The fourth-order valence-electron chi connectivity index (χ4n) is 1.85. The lowest BCUT2D eigenvalue weighted by molar-refractivity contribution is -0.105. The van der Waals surface area contributed by atoms with Crippen LogP contribution >= 0.6 is 0 Å². The number of aromatic nitrogens is 1. The lowest BCUT2D eigenvalue weighted by Gasteiger charge is -2.08. The van der Waals surface area contributed by atoms with Crippen LogP contribution < -0.4 is 5.32 Å². The van der Waals surface area contributed by atoms with Crippen molar-refractivity contribution in [3.05, 3.63) is 47.7 Å². The van der Waals surface area contributed by atoms with E-state index in [0.717, 1.165) is 28.9 Å². The summed E-state index contributed by atoms with van der Waals surface area (Å²) in [5.41, 5.74) is 5.12. The molecule has 3 heteroatoms. The molecule has 0 fully saturated rings. The molecule has 2 aromatic rings. The summed E-state index contributed by atoms with van der Waals surface area (Å²) < 4.78 is 0. The number of carbonyl (C=O) groups is 1. The molecule has 1 heterocycles. The second-order valence-corrected chi connectivity index (χ2v) is 4.20. The molecule has 0 aliphatic heterocycles. The van der Waals surface area contributed by atoms with Gasteiger partial charge in [-0.25, -0.2) is 0 Å². The number of hydrogen-bond donors (Lipinski definition) is 1. The zero-order valence-electron chi connectivity index (χ0n) is 10.6. The zero-order chi connectivity index (χ0) is 13.0.